The summed E-state index contributed by atoms with van der Waals surface area (Å²) in [5.74, 6) is 0.223. The van der Waals surface area contributed by atoms with Gasteiger partial charge in [-0.2, -0.15) is 13.2 Å². The quantitative estimate of drug-likeness (QED) is 0.745. The molecule has 2 atom stereocenters. The molecule has 1 aliphatic rings. The summed E-state index contributed by atoms with van der Waals surface area (Å²) >= 11 is 0. The van der Waals surface area contributed by atoms with Crippen molar-refractivity contribution in [3.05, 3.63) is 29.8 Å². The summed E-state index contributed by atoms with van der Waals surface area (Å²) in [6.45, 7) is 1.03. The molecule has 1 aliphatic heterocycles. The van der Waals surface area contributed by atoms with Crippen LogP contribution in [0.4, 0.5) is 13.2 Å². The summed E-state index contributed by atoms with van der Waals surface area (Å²) in [5.41, 5.74) is 4.17. The molecule has 0 aliphatic carbocycles. The van der Waals surface area contributed by atoms with Gasteiger partial charge < -0.3 is 10.5 Å². The molecule has 0 amide bonds. The first-order valence-corrected chi connectivity index (χ1v) is 4.94. The second-order valence-corrected chi connectivity index (χ2v) is 4.18. The van der Waals surface area contributed by atoms with Gasteiger partial charge >= 0.3 is 6.18 Å². The Morgan fingerprint density at radius 1 is 1.38 bits per heavy atom. The van der Waals surface area contributed by atoms with E-state index in [1.54, 1.807) is 18.2 Å². The van der Waals surface area contributed by atoms with E-state index < -0.39 is 17.8 Å². The highest BCUT2D eigenvalue weighted by Gasteiger charge is 2.56. The zero-order valence-corrected chi connectivity index (χ0v) is 8.71. The third-order valence-corrected chi connectivity index (χ3v) is 2.86. The zero-order chi connectivity index (χ0) is 12.0. The smallest absolute Gasteiger partial charge is 0.428 e. The third kappa shape index (κ3) is 1.65. The normalized spacial score (nSPS) is 29.4. The summed E-state index contributed by atoms with van der Waals surface area (Å²) in [4.78, 5) is 0. The minimum Gasteiger partial charge on any atom is -0.478 e. The van der Waals surface area contributed by atoms with Crippen molar-refractivity contribution >= 4 is 0 Å². The molecule has 0 saturated carbocycles. The predicted octanol–water partition coefficient (Wildman–Crippen LogP) is 2.79. The summed E-state index contributed by atoms with van der Waals surface area (Å²) < 4.78 is 43.5. The monoisotopic (exact) mass is 231 g/mol. The maximum absolute atomic E-state index is 12.8. The van der Waals surface area contributed by atoms with E-state index in [4.69, 9.17) is 10.5 Å². The molecule has 1 heterocycles. The van der Waals surface area contributed by atoms with Gasteiger partial charge in [0.15, 0.2) is 0 Å². The van der Waals surface area contributed by atoms with Gasteiger partial charge in [-0.3, -0.25) is 0 Å². The SMILES string of the molecule is C[C@]1(C(F)(F)F)C[C@@H](N)c2ccccc2O1. The minimum absolute atomic E-state index is 0.223. The van der Waals surface area contributed by atoms with Gasteiger partial charge in [0.25, 0.3) is 0 Å². The zero-order valence-electron chi connectivity index (χ0n) is 8.71. The Kier molecular flexibility index (Phi) is 2.38. The van der Waals surface area contributed by atoms with Crippen molar-refractivity contribution < 1.29 is 17.9 Å². The number of para-hydroxylation sites is 1. The summed E-state index contributed by atoms with van der Waals surface area (Å²) in [7, 11) is 0. The fourth-order valence-electron chi connectivity index (χ4n) is 1.87. The molecule has 0 spiro atoms. The maximum Gasteiger partial charge on any atom is 0.428 e. The number of halogens is 3. The second-order valence-electron chi connectivity index (χ2n) is 4.18. The van der Waals surface area contributed by atoms with Gasteiger partial charge in [0.2, 0.25) is 5.60 Å². The molecule has 2 rings (SSSR count). The van der Waals surface area contributed by atoms with Crippen LogP contribution in [-0.4, -0.2) is 11.8 Å². The molecule has 5 heteroatoms. The van der Waals surface area contributed by atoms with E-state index in [1.807, 2.05) is 0 Å². The number of nitrogens with two attached hydrogens (primary N) is 1. The van der Waals surface area contributed by atoms with Gasteiger partial charge in [-0.05, 0) is 13.0 Å². The molecule has 88 valence electrons. The minimum atomic E-state index is -4.42. The van der Waals surface area contributed by atoms with Crippen LogP contribution >= 0.6 is 0 Å². The molecule has 1 aromatic carbocycles. The molecule has 0 bridgehead atoms. The largest absolute Gasteiger partial charge is 0.478 e. The molecule has 0 radical (unpaired) electrons. The lowest BCUT2D eigenvalue weighted by molar-refractivity contribution is -0.248. The molecular formula is C11H12F3NO. The van der Waals surface area contributed by atoms with E-state index in [0.29, 0.717) is 5.56 Å². The molecule has 0 unspecified atom stereocenters. The Bertz CT molecular complexity index is 404. The molecule has 0 aromatic heterocycles. The van der Waals surface area contributed by atoms with Crippen LogP contribution < -0.4 is 10.5 Å². The van der Waals surface area contributed by atoms with Crippen molar-refractivity contribution in [1.82, 2.24) is 0 Å². The Hall–Kier alpha value is -1.23. The van der Waals surface area contributed by atoms with Crippen molar-refractivity contribution in [2.75, 3.05) is 0 Å². The predicted molar refractivity (Wildman–Crippen MR) is 53.1 cm³/mol. The van der Waals surface area contributed by atoms with Crippen LogP contribution in [0, 0.1) is 0 Å². The van der Waals surface area contributed by atoms with Gasteiger partial charge in [0.1, 0.15) is 5.75 Å². The van der Waals surface area contributed by atoms with Gasteiger partial charge in [-0.1, -0.05) is 18.2 Å². The molecule has 1 aromatic rings. The Morgan fingerprint density at radius 3 is 2.62 bits per heavy atom. The lowest BCUT2D eigenvalue weighted by Gasteiger charge is -2.39. The van der Waals surface area contributed by atoms with Crippen LogP contribution in [-0.2, 0) is 0 Å². The van der Waals surface area contributed by atoms with Crippen molar-refractivity contribution in [3.63, 3.8) is 0 Å². The van der Waals surface area contributed by atoms with E-state index >= 15 is 0 Å². The average Bonchev–Trinajstić information content (AvgIpc) is 2.15. The first-order chi connectivity index (χ1) is 7.33. The van der Waals surface area contributed by atoms with Crippen molar-refractivity contribution in [3.8, 4) is 5.75 Å². The fourth-order valence-corrected chi connectivity index (χ4v) is 1.87. The summed E-state index contributed by atoms with van der Waals surface area (Å²) in [6.07, 6.45) is -4.67. The highest BCUT2D eigenvalue weighted by molar-refractivity contribution is 5.38. The van der Waals surface area contributed by atoms with E-state index in [1.165, 1.54) is 6.07 Å². The first kappa shape index (κ1) is 11.3. The molecule has 0 fully saturated rings. The number of hydrogen-bond donors (Lipinski definition) is 1. The Labute approximate surface area is 91.2 Å². The van der Waals surface area contributed by atoms with Crippen molar-refractivity contribution in [1.29, 1.82) is 0 Å². The number of ether oxygens (including phenoxy) is 1. The van der Waals surface area contributed by atoms with E-state index in [2.05, 4.69) is 0 Å². The fraction of sp³-hybridized carbons (Fsp3) is 0.455. The van der Waals surface area contributed by atoms with Crippen LogP contribution in [0.5, 0.6) is 5.75 Å². The van der Waals surface area contributed by atoms with Crippen LogP contribution in [0.1, 0.15) is 24.9 Å². The topological polar surface area (TPSA) is 35.2 Å². The molecule has 0 saturated heterocycles. The Morgan fingerprint density at radius 2 is 2.00 bits per heavy atom. The number of alkyl halides is 3. The number of rotatable bonds is 0. The van der Waals surface area contributed by atoms with Crippen LogP contribution in [0.15, 0.2) is 24.3 Å². The van der Waals surface area contributed by atoms with Crippen LogP contribution in [0.2, 0.25) is 0 Å². The van der Waals surface area contributed by atoms with E-state index in [9.17, 15) is 13.2 Å². The molecule has 2 N–H and O–H groups in total. The van der Waals surface area contributed by atoms with E-state index in [0.717, 1.165) is 6.92 Å². The molecule has 2 nitrogen and oxygen atoms in total. The number of benzene rings is 1. The summed E-state index contributed by atoms with van der Waals surface area (Å²) in [5, 5.41) is 0. The van der Waals surface area contributed by atoms with Crippen molar-refractivity contribution in [2.45, 2.75) is 31.2 Å². The highest BCUT2D eigenvalue weighted by atomic mass is 19.4. The number of hydrogen-bond acceptors (Lipinski definition) is 2. The van der Waals surface area contributed by atoms with Crippen LogP contribution in [0.3, 0.4) is 0 Å². The van der Waals surface area contributed by atoms with Gasteiger partial charge in [0.05, 0.1) is 0 Å². The first-order valence-electron chi connectivity index (χ1n) is 4.94. The van der Waals surface area contributed by atoms with Crippen molar-refractivity contribution in [2.24, 2.45) is 5.73 Å². The molecule has 16 heavy (non-hydrogen) atoms. The lowest BCUT2D eigenvalue weighted by atomic mass is 9.88. The average molecular weight is 231 g/mol. The maximum atomic E-state index is 12.8. The number of fused-ring (bicyclic) bond motifs is 1. The van der Waals surface area contributed by atoms with Gasteiger partial charge in [-0.25, -0.2) is 0 Å². The van der Waals surface area contributed by atoms with Crippen LogP contribution in [0.25, 0.3) is 0 Å². The second kappa shape index (κ2) is 3.38. The van der Waals surface area contributed by atoms with E-state index in [-0.39, 0.29) is 12.2 Å². The van der Waals surface area contributed by atoms with Gasteiger partial charge in [0, 0.05) is 18.0 Å². The lowest BCUT2D eigenvalue weighted by Crippen LogP contribution is -2.51. The van der Waals surface area contributed by atoms with Gasteiger partial charge in [-0.15, -0.1) is 0 Å². The third-order valence-electron chi connectivity index (χ3n) is 2.86. The molecular weight excluding hydrogens is 219 g/mol. The summed E-state index contributed by atoms with van der Waals surface area (Å²) in [6, 6.07) is 5.93. The standard InChI is InChI=1S/C11H12F3NO/c1-10(11(12,13)14)6-8(15)7-4-2-3-5-9(7)16-10/h2-5,8H,6,15H2,1H3/t8-,10-/m1/s1. The Balaban J connectivity index is 2.41. The highest BCUT2D eigenvalue weighted by Crippen LogP contribution is 2.45.